The van der Waals surface area contributed by atoms with E-state index < -0.39 is 23.5 Å². The second-order valence-electron chi connectivity index (χ2n) is 5.34. The third kappa shape index (κ3) is 4.00. The fourth-order valence-electron chi connectivity index (χ4n) is 2.50. The van der Waals surface area contributed by atoms with E-state index in [4.69, 9.17) is 0 Å². The van der Waals surface area contributed by atoms with Crippen LogP contribution < -0.4 is 0 Å². The summed E-state index contributed by atoms with van der Waals surface area (Å²) in [6.07, 6.45) is -4.23. The number of carbonyl (C=O) groups excluding carboxylic acids is 2. The van der Waals surface area contributed by atoms with E-state index in [0.29, 0.717) is 38.2 Å². The number of benzene rings is 1. The Morgan fingerprint density at radius 1 is 1.04 bits per heavy atom. The molecule has 0 spiro atoms. The minimum Gasteiger partial charge on any atom is -0.341 e. The lowest BCUT2D eigenvalue weighted by atomic mass is 10.1. The molecule has 0 saturated carbocycles. The second kappa shape index (κ2) is 6.55. The normalized spacial score (nSPS) is 16.2. The molecule has 0 N–H and O–H groups in total. The van der Waals surface area contributed by atoms with Crippen LogP contribution in [0.25, 0.3) is 0 Å². The Morgan fingerprint density at radius 2 is 1.65 bits per heavy atom. The van der Waals surface area contributed by atoms with Gasteiger partial charge in [-0.05, 0) is 24.6 Å². The summed E-state index contributed by atoms with van der Waals surface area (Å²) in [7, 11) is 0. The average Bonchev–Trinajstić information content (AvgIpc) is 2.71. The zero-order valence-electron chi connectivity index (χ0n) is 12.5. The molecule has 2 rings (SSSR count). The van der Waals surface area contributed by atoms with Crippen LogP contribution in [0.2, 0.25) is 0 Å². The van der Waals surface area contributed by atoms with Gasteiger partial charge in [-0.2, -0.15) is 13.2 Å². The number of hydrogen-bond donors (Lipinski definition) is 0. The molecule has 1 aliphatic heterocycles. The SMILES string of the molecule is CC(=O)N1CCCN(C(=O)c2ccc(C(F)(F)F)c(F)c2)CC1. The molecule has 126 valence electrons. The van der Waals surface area contributed by atoms with Crippen LogP contribution in [0.1, 0.15) is 29.3 Å². The van der Waals surface area contributed by atoms with Gasteiger partial charge in [-0.3, -0.25) is 9.59 Å². The van der Waals surface area contributed by atoms with Crippen LogP contribution in [0.3, 0.4) is 0 Å². The summed E-state index contributed by atoms with van der Waals surface area (Å²) in [5, 5.41) is 0. The van der Waals surface area contributed by atoms with Gasteiger partial charge in [0, 0.05) is 38.7 Å². The molecule has 1 fully saturated rings. The van der Waals surface area contributed by atoms with Crippen molar-refractivity contribution in [3.63, 3.8) is 0 Å². The zero-order chi connectivity index (χ0) is 17.2. The predicted octanol–water partition coefficient (Wildman–Crippen LogP) is 2.54. The van der Waals surface area contributed by atoms with Crippen molar-refractivity contribution >= 4 is 11.8 Å². The molecule has 0 bridgehead atoms. The smallest absolute Gasteiger partial charge is 0.341 e. The fourth-order valence-corrected chi connectivity index (χ4v) is 2.50. The number of nitrogens with zero attached hydrogens (tertiary/aromatic N) is 2. The first-order valence-corrected chi connectivity index (χ1v) is 7.11. The van der Waals surface area contributed by atoms with Gasteiger partial charge in [-0.25, -0.2) is 4.39 Å². The van der Waals surface area contributed by atoms with E-state index in [1.165, 1.54) is 11.8 Å². The van der Waals surface area contributed by atoms with Crippen molar-refractivity contribution in [1.82, 2.24) is 9.80 Å². The van der Waals surface area contributed by atoms with Crippen molar-refractivity contribution in [3.8, 4) is 0 Å². The van der Waals surface area contributed by atoms with E-state index in [0.717, 1.165) is 6.07 Å². The topological polar surface area (TPSA) is 40.6 Å². The van der Waals surface area contributed by atoms with Gasteiger partial charge < -0.3 is 9.80 Å². The van der Waals surface area contributed by atoms with Gasteiger partial charge in [0.1, 0.15) is 5.82 Å². The standard InChI is InChI=1S/C15H16F4N2O2/c1-10(22)20-5-2-6-21(8-7-20)14(23)11-3-4-12(13(16)9-11)15(17,18)19/h3-4,9H,2,5-8H2,1H3. The van der Waals surface area contributed by atoms with Crippen molar-refractivity contribution in [2.24, 2.45) is 0 Å². The molecule has 0 aromatic heterocycles. The Morgan fingerprint density at radius 3 is 2.22 bits per heavy atom. The maximum absolute atomic E-state index is 13.6. The molecule has 0 unspecified atom stereocenters. The van der Waals surface area contributed by atoms with Crippen LogP contribution in [0, 0.1) is 5.82 Å². The first kappa shape index (κ1) is 17.2. The van der Waals surface area contributed by atoms with Crippen LogP contribution in [0.15, 0.2) is 18.2 Å². The molecule has 1 aliphatic rings. The lowest BCUT2D eigenvalue weighted by Gasteiger charge is -2.21. The summed E-state index contributed by atoms with van der Waals surface area (Å²) in [6, 6.07) is 2.16. The van der Waals surface area contributed by atoms with E-state index in [2.05, 4.69) is 0 Å². The van der Waals surface area contributed by atoms with Crippen molar-refractivity contribution < 1.29 is 27.2 Å². The highest BCUT2D eigenvalue weighted by molar-refractivity contribution is 5.94. The fraction of sp³-hybridized carbons (Fsp3) is 0.467. The Hall–Kier alpha value is -2.12. The van der Waals surface area contributed by atoms with Gasteiger partial charge in [-0.15, -0.1) is 0 Å². The van der Waals surface area contributed by atoms with Gasteiger partial charge in [0.05, 0.1) is 5.56 Å². The average molecular weight is 332 g/mol. The zero-order valence-corrected chi connectivity index (χ0v) is 12.5. The molecule has 0 aliphatic carbocycles. The molecule has 1 heterocycles. The van der Waals surface area contributed by atoms with E-state index in [9.17, 15) is 27.2 Å². The molecule has 2 amide bonds. The first-order chi connectivity index (χ1) is 10.7. The van der Waals surface area contributed by atoms with Crippen LogP contribution >= 0.6 is 0 Å². The Balaban J connectivity index is 2.14. The van der Waals surface area contributed by atoms with Crippen molar-refractivity contribution in [2.45, 2.75) is 19.5 Å². The van der Waals surface area contributed by atoms with Gasteiger partial charge in [0.25, 0.3) is 5.91 Å². The van der Waals surface area contributed by atoms with Crippen LogP contribution in [0.4, 0.5) is 17.6 Å². The lowest BCUT2D eigenvalue weighted by molar-refractivity contribution is -0.140. The number of halogens is 4. The molecule has 23 heavy (non-hydrogen) atoms. The van der Waals surface area contributed by atoms with Crippen molar-refractivity contribution in [3.05, 3.63) is 35.1 Å². The number of carbonyl (C=O) groups is 2. The predicted molar refractivity (Wildman–Crippen MR) is 74.2 cm³/mol. The Kier molecular flexibility index (Phi) is 4.91. The van der Waals surface area contributed by atoms with Gasteiger partial charge in [-0.1, -0.05) is 0 Å². The van der Waals surface area contributed by atoms with E-state index in [1.54, 1.807) is 4.90 Å². The van der Waals surface area contributed by atoms with E-state index in [1.807, 2.05) is 0 Å². The second-order valence-corrected chi connectivity index (χ2v) is 5.34. The Bertz CT molecular complexity index is 616. The van der Waals surface area contributed by atoms with Crippen LogP contribution in [-0.2, 0) is 11.0 Å². The number of rotatable bonds is 1. The third-order valence-corrected chi connectivity index (χ3v) is 3.75. The Labute approximate surface area is 130 Å². The van der Waals surface area contributed by atoms with E-state index >= 15 is 0 Å². The largest absolute Gasteiger partial charge is 0.419 e. The molecule has 0 atom stereocenters. The summed E-state index contributed by atoms with van der Waals surface area (Å²) >= 11 is 0. The lowest BCUT2D eigenvalue weighted by Crippen LogP contribution is -2.36. The van der Waals surface area contributed by atoms with Crippen molar-refractivity contribution in [2.75, 3.05) is 26.2 Å². The number of amides is 2. The maximum atomic E-state index is 13.6. The molecular formula is C15H16F4N2O2. The summed E-state index contributed by atoms with van der Waals surface area (Å²) in [5.74, 6) is -2.11. The number of hydrogen-bond acceptors (Lipinski definition) is 2. The molecule has 4 nitrogen and oxygen atoms in total. The molecule has 1 aromatic rings. The van der Waals surface area contributed by atoms with Gasteiger partial charge in [0.2, 0.25) is 5.91 Å². The summed E-state index contributed by atoms with van der Waals surface area (Å²) in [6.45, 7) is 2.93. The third-order valence-electron chi connectivity index (χ3n) is 3.75. The summed E-state index contributed by atoms with van der Waals surface area (Å²) in [5.41, 5.74) is -1.53. The highest BCUT2D eigenvalue weighted by atomic mass is 19.4. The highest BCUT2D eigenvalue weighted by Gasteiger charge is 2.34. The summed E-state index contributed by atoms with van der Waals surface area (Å²) in [4.78, 5) is 26.7. The quantitative estimate of drug-likeness (QED) is 0.742. The van der Waals surface area contributed by atoms with Gasteiger partial charge >= 0.3 is 6.18 Å². The van der Waals surface area contributed by atoms with E-state index in [-0.39, 0.29) is 18.0 Å². The maximum Gasteiger partial charge on any atom is 0.419 e. The van der Waals surface area contributed by atoms with Crippen LogP contribution in [0.5, 0.6) is 0 Å². The first-order valence-electron chi connectivity index (χ1n) is 7.11. The molecule has 8 heteroatoms. The molecule has 1 saturated heterocycles. The molecule has 0 radical (unpaired) electrons. The number of alkyl halides is 3. The monoisotopic (exact) mass is 332 g/mol. The molecule has 1 aromatic carbocycles. The van der Waals surface area contributed by atoms with Gasteiger partial charge in [0.15, 0.2) is 0 Å². The summed E-state index contributed by atoms with van der Waals surface area (Å²) < 4.78 is 51.2. The highest BCUT2D eigenvalue weighted by Crippen LogP contribution is 2.31. The van der Waals surface area contributed by atoms with Crippen molar-refractivity contribution in [1.29, 1.82) is 0 Å². The molecular weight excluding hydrogens is 316 g/mol. The van der Waals surface area contributed by atoms with Crippen LogP contribution in [-0.4, -0.2) is 47.8 Å². The minimum absolute atomic E-state index is 0.0973. The minimum atomic E-state index is -4.80.